The predicted octanol–water partition coefficient (Wildman–Crippen LogP) is 4.91. The number of hydrogen-bond acceptors (Lipinski definition) is 4. The Morgan fingerprint density at radius 2 is 1.48 bits per heavy atom. The first-order valence-corrected chi connectivity index (χ1v) is 7.68. The minimum absolute atomic E-state index is 0.463. The van der Waals surface area contributed by atoms with E-state index in [2.05, 4.69) is 17.1 Å². The van der Waals surface area contributed by atoms with Crippen LogP contribution in [0.25, 0.3) is 33.4 Å². The fourth-order valence-electron chi connectivity index (χ4n) is 2.87. The quantitative estimate of drug-likeness (QED) is 0.526. The van der Waals surface area contributed by atoms with E-state index >= 15 is 0 Å². The highest BCUT2D eigenvalue weighted by Gasteiger charge is 2.16. The molecular weight excluding hydrogens is 310 g/mol. The molecule has 4 heteroatoms. The monoisotopic (exact) mass is 321 g/mol. The summed E-state index contributed by atoms with van der Waals surface area (Å²) in [6.07, 6.45) is 3.32. The molecule has 0 spiro atoms. The fraction of sp³-hybridized carbons (Fsp3) is 0. The van der Waals surface area contributed by atoms with Gasteiger partial charge in [-0.1, -0.05) is 18.2 Å². The lowest BCUT2D eigenvalue weighted by Gasteiger charge is -2.08. The Balaban J connectivity index is 1.95. The van der Waals surface area contributed by atoms with Crippen molar-refractivity contribution in [2.75, 3.05) is 0 Å². The third kappa shape index (κ3) is 2.52. The van der Waals surface area contributed by atoms with Crippen molar-refractivity contribution < 1.29 is 4.42 Å². The number of fused-ring (bicyclic) bond motifs is 1. The van der Waals surface area contributed by atoms with Gasteiger partial charge in [0.15, 0.2) is 0 Å². The Labute approximate surface area is 144 Å². The number of rotatable bonds is 2. The third-order valence-corrected chi connectivity index (χ3v) is 4.08. The van der Waals surface area contributed by atoms with Crippen LogP contribution in [0.4, 0.5) is 0 Å². The van der Waals surface area contributed by atoms with E-state index in [1.165, 1.54) is 0 Å². The summed E-state index contributed by atoms with van der Waals surface area (Å²) < 4.78 is 5.87. The minimum atomic E-state index is 0.463. The maximum absolute atomic E-state index is 9.60. The highest BCUT2D eigenvalue weighted by molar-refractivity contribution is 5.86. The number of furan rings is 1. The van der Waals surface area contributed by atoms with Crippen LogP contribution in [-0.2, 0) is 0 Å². The molecular formula is C21H11N3O. The number of para-hydroxylation sites is 1. The normalized spacial score (nSPS) is 10.3. The molecule has 0 saturated carbocycles. The largest absolute Gasteiger partial charge is 0.456 e. The van der Waals surface area contributed by atoms with E-state index in [4.69, 9.17) is 4.42 Å². The summed E-state index contributed by atoms with van der Waals surface area (Å²) in [6.45, 7) is 0. The van der Waals surface area contributed by atoms with Gasteiger partial charge in [0.2, 0.25) is 0 Å². The standard InChI is InChI=1S/C21H11N3O/c22-12-16-10-19(21-11-15-3-1-2-4-20(15)25-21)17(13-23)9-18(16)14-5-7-24-8-6-14/h1-11H. The molecule has 0 bridgehead atoms. The van der Waals surface area contributed by atoms with Crippen LogP contribution >= 0.6 is 0 Å². The van der Waals surface area contributed by atoms with Crippen LogP contribution in [0.1, 0.15) is 11.1 Å². The van der Waals surface area contributed by atoms with Crippen LogP contribution in [0.3, 0.4) is 0 Å². The van der Waals surface area contributed by atoms with E-state index in [1.807, 2.05) is 42.5 Å². The number of nitriles is 2. The molecule has 0 unspecified atom stereocenters. The lowest BCUT2D eigenvalue weighted by atomic mass is 9.94. The zero-order valence-corrected chi connectivity index (χ0v) is 13.1. The lowest BCUT2D eigenvalue weighted by Crippen LogP contribution is -1.91. The number of aromatic nitrogens is 1. The van der Waals surface area contributed by atoms with Crippen LogP contribution in [0.5, 0.6) is 0 Å². The summed E-state index contributed by atoms with van der Waals surface area (Å²) >= 11 is 0. The van der Waals surface area contributed by atoms with Crippen molar-refractivity contribution in [1.29, 1.82) is 10.5 Å². The number of nitrogens with zero attached hydrogens (tertiary/aromatic N) is 3. The molecule has 0 saturated heterocycles. The maximum atomic E-state index is 9.60. The number of hydrogen-bond donors (Lipinski definition) is 0. The summed E-state index contributed by atoms with van der Waals surface area (Å²) in [5.41, 5.74) is 3.87. The molecule has 2 heterocycles. The number of benzene rings is 2. The molecule has 0 fully saturated rings. The Hall–Kier alpha value is -3.89. The second-order valence-corrected chi connectivity index (χ2v) is 5.55. The molecule has 4 aromatic rings. The van der Waals surface area contributed by atoms with Crippen LogP contribution in [0.2, 0.25) is 0 Å². The van der Waals surface area contributed by atoms with E-state index in [9.17, 15) is 10.5 Å². The van der Waals surface area contributed by atoms with Gasteiger partial charge in [-0.05, 0) is 42.0 Å². The fourth-order valence-corrected chi connectivity index (χ4v) is 2.87. The average Bonchev–Trinajstić information content (AvgIpc) is 3.11. The minimum Gasteiger partial charge on any atom is -0.456 e. The summed E-state index contributed by atoms with van der Waals surface area (Å²) in [7, 11) is 0. The van der Waals surface area contributed by atoms with Gasteiger partial charge in [-0.3, -0.25) is 4.98 Å². The van der Waals surface area contributed by atoms with E-state index in [-0.39, 0.29) is 0 Å². The van der Waals surface area contributed by atoms with Gasteiger partial charge in [-0.15, -0.1) is 0 Å². The zero-order chi connectivity index (χ0) is 17.2. The lowest BCUT2D eigenvalue weighted by molar-refractivity contribution is 0.631. The van der Waals surface area contributed by atoms with Gasteiger partial charge < -0.3 is 4.42 Å². The van der Waals surface area contributed by atoms with Crippen molar-refractivity contribution in [3.05, 3.63) is 78.1 Å². The van der Waals surface area contributed by atoms with E-state index in [1.54, 1.807) is 24.5 Å². The van der Waals surface area contributed by atoms with Crippen molar-refractivity contribution in [3.8, 4) is 34.6 Å². The molecule has 4 nitrogen and oxygen atoms in total. The summed E-state index contributed by atoms with van der Waals surface area (Å²) in [6, 6.07) is 21.1. The molecule has 0 aliphatic heterocycles. The van der Waals surface area contributed by atoms with E-state index < -0.39 is 0 Å². The summed E-state index contributed by atoms with van der Waals surface area (Å²) in [4.78, 5) is 4.00. The van der Waals surface area contributed by atoms with Crippen molar-refractivity contribution in [1.82, 2.24) is 4.98 Å². The maximum Gasteiger partial charge on any atom is 0.136 e. The van der Waals surface area contributed by atoms with Crippen LogP contribution in [0.15, 0.2) is 71.4 Å². The van der Waals surface area contributed by atoms with Gasteiger partial charge in [0.05, 0.1) is 23.3 Å². The van der Waals surface area contributed by atoms with Crippen molar-refractivity contribution >= 4 is 11.0 Å². The van der Waals surface area contributed by atoms with Crippen molar-refractivity contribution in [3.63, 3.8) is 0 Å². The molecule has 0 aliphatic rings. The molecule has 4 rings (SSSR count). The molecule has 2 aromatic heterocycles. The zero-order valence-electron chi connectivity index (χ0n) is 13.1. The predicted molar refractivity (Wildman–Crippen MR) is 94.3 cm³/mol. The van der Waals surface area contributed by atoms with Gasteiger partial charge in [-0.25, -0.2) is 0 Å². The van der Waals surface area contributed by atoms with Gasteiger partial charge in [-0.2, -0.15) is 10.5 Å². The Morgan fingerprint density at radius 3 is 2.20 bits per heavy atom. The molecule has 116 valence electrons. The molecule has 0 radical (unpaired) electrons. The molecule has 0 atom stereocenters. The third-order valence-electron chi connectivity index (χ3n) is 4.08. The van der Waals surface area contributed by atoms with Gasteiger partial charge in [0.25, 0.3) is 0 Å². The topological polar surface area (TPSA) is 73.6 Å². The molecule has 0 aliphatic carbocycles. The van der Waals surface area contributed by atoms with Crippen LogP contribution < -0.4 is 0 Å². The highest BCUT2D eigenvalue weighted by atomic mass is 16.3. The van der Waals surface area contributed by atoms with Gasteiger partial charge >= 0.3 is 0 Å². The van der Waals surface area contributed by atoms with Crippen molar-refractivity contribution in [2.45, 2.75) is 0 Å². The average molecular weight is 321 g/mol. The number of pyridine rings is 1. The molecule has 2 aromatic carbocycles. The molecule has 0 amide bonds. The molecule has 25 heavy (non-hydrogen) atoms. The second kappa shape index (κ2) is 5.96. The first-order chi connectivity index (χ1) is 12.3. The Bertz CT molecular complexity index is 1130. The SMILES string of the molecule is N#Cc1cc(-c2cc3ccccc3o2)c(C#N)cc1-c1ccncc1. The van der Waals surface area contributed by atoms with Crippen molar-refractivity contribution in [2.24, 2.45) is 0 Å². The summed E-state index contributed by atoms with van der Waals surface area (Å²) in [5, 5.41) is 20.1. The first kappa shape index (κ1) is 14.7. The van der Waals surface area contributed by atoms with E-state index in [0.717, 1.165) is 16.5 Å². The molecule has 0 N–H and O–H groups in total. The van der Waals surface area contributed by atoms with Crippen LogP contribution in [-0.4, -0.2) is 4.98 Å². The van der Waals surface area contributed by atoms with Gasteiger partial charge in [0, 0.05) is 28.9 Å². The van der Waals surface area contributed by atoms with E-state index in [0.29, 0.717) is 28.0 Å². The smallest absolute Gasteiger partial charge is 0.136 e. The second-order valence-electron chi connectivity index (χ2n) is 5.55. The summed E-state index contributed by atoms with van der Waals surface area (Å²) in [5.74, 6) is 0.579. The van der Waals surface area contributed by atoms with Gasteiger partial charge in [0.1, 0.15) is 11.3 Å². The first-order valence-electron chi connectivity index (χ1n) is 7.68. The Morgan fingerprint density at radius 1 is 0.800 bits per heavy atom. The Kier molecular flexibility index (Phi) is 3.50. The highest BCUT2D eigenvalue weighted by Crippen LogP contribution is 2.34. The van der Waals surface area contributed by atoms with Crippen LogP contribution in [0, 0.1) is 22.7 Å².